The summed E-state index contributed by atoms with van der Waals surface area (Å²) in [6.45, 7) is 2.55. The summed E-state index contributed by atoms with van der Waals surface area (Å²) in [6, 6.07) is 14.1. The van der Waals surface area contributed by atoms with E-state index in [1.54, 1.807) is 21.6 Å². The van der Waals surface area contributed by atoms with E-state index in [1.807, 2.05) is 37.3 Å². The van der Waals surface area contributed by atoms with Gasteiger partial charge < -0.3 is 5.32 Å². The first-order chi connectivity index (χ1) is 17.0. The first-order valence-electron chi connectivity index (χ1n) is 12.1. The third-order valence-electron chi connectivity index (χ3n) is 6.59. The molecule has 35 heavy (non-hydrogen) atoms. The maximum atomic E-state index is 13.6. The summed E-state index contributed by atoms with van der Waals surface area (Å²) in [7, 11) is 0. The van der Waals surface area contributed by atoms with Gasteiger partial charge in [0.15, 0.2) is 0 Å². The van der Waals surface area contributed by atoms with Crippen molar-refractivity contribution in [1.82, 2.24) is 14.3 Å². The van der Waals surface area contributed by atoms with Crippen molar-refractivity contribution < 1.29 is 4.79 Å². The Kier molecular flexibility index (Phi) is 7.02. The molecular formula is C27H28N4O2S2. The number of thiocarbonyl (C=S) groups is 1. The van der Waals surface area contributed by atoms with E-state index in [4.69, 9.17) is 17.2 Å². The van der Waals surface area contributed by atoms with Crippen LogP contribution in [-0.4, -0.2) is 37.1 Å². The average molecular weight is 505 g/mol. The van der Waals surface area contributed by atoms with E-state index in [-0.39, 0.29) is 17.5 Å². The van der Waals surface area contributed by atoms with Crippen molar-refractivity contribution >= 4 is 51.7 Å². The lowest BCUT2D eigenvalue weighted by molar-refractivity contribution is -0.124. The number of hydrogen-bond acceptors (Lipinski definition) is 6. The fourth-order valence-corrected chi connectivity index (χ4v) is 6.14. The number of nitrogens with zero attached hydrogens (tertiary/aromatic N) is 3. The van der Waals surface area contributed by atoms with Gasteiger partial charge in [0.1, 0.15) is 15.8 Å². The molecule has 0 bridgehead atoms. The van der Waals surface area contributed by atoms with E-state index in [0.717, 1.165) is 37.7 Å². The quantitative estimate of drug-likeness (QED) is 0.368. The number of carbonyl (C=O) groups excluding carboxylic acids is 1. The van der Waals surface area contributed by atoms with Crippen LogP contribution in [0.5, 0.6) is 0 Å². The number of pyridine rings is 1. The molecule has 1 aromatic carbocycles. The minimum absolute atomic E-state index is 0.101. The summed E-state index contributed by atoms with van der Waals surface area (Å²) in [5.41, 5.74) is 2.90. The van der Waals surface area contributed by atoms with Crippen molar-refractivity contribution in [2.45, 2.75) is 51.5 Å². The molecule has 3 aromatic rings. The Labute approximate surface area is 214 Å². The van der Waals surface area contributed by atoms with Gasteiger partial charge in [-0.2, -0.15) is 0 Å². The molecule has 1 amide bonds. The van der Waals surface area contributed by atoms with Crippen molar-refractivity contribution in [3.05, 3.63) is 80.6 Å². The number of thioether (sulfide) groups is 1. The predicted molar refractivity (Wildman–Crippen MR) is 147 cm³/mol. The summed E-state index contributed by atoms with van der Waals surface area (Å²) < 4.78 is 2.13. The standard InChI is InChI=1S/C27H28N4O2S2/c1-18-12-13-23-29-24(28-15-14-19-8-4-2-5-9-19)21(25(32)30(23)17-18)16-22-26(33)31(27(34)35-22)20-10-6-3-7-11-20/h2,4-5,8-9,12-13,16-17,20,28H,3,6-7,10-11,14-15H2,1H3/b22-16+. The molecular weight excluding hydrogens is 476 g/mol. The van der Waals surface area contributed by atoms with Crippen LogP contribution in [0.1, 0.15) is 48.8 Å². The van der Waals surface area contributed by atoms with E-state index in [0.29, 0.717) is 32.8 Å². The second kappa shape index (κ2) is 10.3. The predicted octanol–water partition coefficient (Wildman–Crippen LogP) is 5.19. The van der Waals surface area contributed by atoms with Crippen molar-refractivity contribution in [2.75, 3.05) is 11.9 Å². The summed E-state index contributed by atoms with van der Waals surface area (Å²) in [5, 5.41) is 3.35. The molecule has 3 heterocycles. The number of aryl methyl sites for hydroxylation is 1. The lowest BCUT2D eigenvalue weighted by Gasteiger charge is -2.29. The van der Waals surface area contributed by atoms with Gasteiger partial charge in [0, 0.05) is 18.8 Å². The van der Waals surface area contributed by atoms with Gasteiger partial charge in [0.05, 0.1) is 10.5 Å². The zero-order valence-electron chi connectivity index (χ0n) is 19.7. The average Bonchev–Trinajstić information content (AvgIpc) is 3.15. The van der Waals surface area contributed by atoms with Crippen molar-refractivity contribution in [2.24, 2.45) is 0 Å². The molecule has 0 radical (unpaired) electrons. The van der Waals surface area contributed by atoms with Gasteiger partial charge in [-0.1, -0.05) is 79.6 Å². The highest BCUT2D eigenvalue weighted by Gasteiger charge is 2.37. The van der Waals surface area contributed by atoms with Crippen LogP contribution < -0.4 is 10.9 Å². The number of carbonyl (C=O) groups is 1. The molecule has 0 unspecified atom stereocenters. The molecule has 8 heteroatoms. The lowest BCUT2D eigenvalue weighted by atomic mass is 9.94. The zero-order valence-corrected chi connectivity index (χ0v) is 21.3. The first kappa shape index (κ1) is 23.8. The van der Waals surface area contributed by atoms with Gasteiger partial charge in [0.25, 0.3) is 11.5 Å². The highest BCUT2D eigenvalue weighted by Crippen LogP contribution is 2.37. The number of benzene rings is 1. The van der Waals surface area contributed by atoms with Crippen LogP contribution in [0, 0.1) is 6.92 Å². The number of anilines is 1. The number of fused-ring (bicyclic) bond motifs is 1. The first-order valence-corrected chi connectivity index (χ1v) is 13.3. The van der Waals surface area contributed by atoms with E-state index in [2.05, 4.69) is 17.4 Å². The van der Waals surface area contributed by atoms with E-state index in [9.17, 15) is 9.59 Å². The maximum absolute atomic E-state index is 13.6. The monoisotopic (exact) mass is 504 g/mol. The fraction of sp³-hybridized carbons (Fsp3) is 0.333. The molecule has 5 rings (SSSR count). The van der Waals surface area contributed by atoms with Gasteiger partial charge >= 0.3 is 0 Å². The topological polar surface area (TPSA) is 66.7 Å². The summed E-state index contributed by atoms with van der Waals surface area (Å²) in [5.74, 6) is 0.383. The number of amides is 1. The summed E-state index contributed by atoms with van der Waals surface area (Å²) >= 11 is 6.87. The third kappa shape index (κ3) is 5.04. The second-order valence-corrected chi connectivity index (χ2v) is 10.8. The fourth-order valence-electron chi connectivity index (χ4n) is 4.76. The number of aromatic nitrogens is 2. The lowest BCUT2D eigenvalue weighted by Crippen LogP contribution is -2.39. The molecule has 1 saturated heterocycles. The Bertz CT molecular complexity index is 1360. The molecule has 1 aliphatic heterocycles. The third-order valence-corrected chi connectivity index (χ3v) is 7.92. The molecule has 1 aliphatic carbocycles. The number of rotatable bonds is 6. The Balaban J connectivity index is 1.49. The van der Waals surface area contributed by atoms with Gasteiger partial charge in [0.2, 0.25) is 0 Å². The Morgan fingerprint density at radius 1 is 1.11 bits per heavy atom. The number of hydrogen-bond donors (Lipinski definition) is 1. The SMILES string of the molecule is Cc1ccc2nc(NCCc3ccccc3)c(/C=C3/SC(=S)N(C4CCCCC4)C3=O)c(=O)n2c1. The molecule has 0 spiro atoms. The van der Waals surface area contributed by atoms with Crippen LogP contribution >= 0.6 is 24.0 Å². The molecule has 1 N–H and O–H groups in total. The summed E-state index contributed by atoms with van der Waals surface area (Å²) in [4.78, 5) is 33.9. The number of nitrogens with one attached hydrogen (secondary N) is 1. The van der Waals surface area contributed by atoms with Crippen LogP contribution in [0.25, 0.3) is 11.7 Å². The molecule has 0 atom stereocenters. The molecule has 2 fully saturated rings. The molecule has 1 saturated carbocycles. The minimum Gasteiger partial charge on any atom is -0.369 e. The van der Waals surface area contributed by atoms with E-state index >= 15 is 0 Å². The zero-order chi connectivity index (χ0) is 24.4. The van der Waals surface area contributed by atoms with Crippen LogP contribution in [-0.2, 0) is 11.2 Å². The molecule has 2 aromatic heterocycles. The Morgan fingerprint density at radius 3 is 2.66 bits per heavy atom. The van der Waals surface area contributed by atoms with Crippen LogP contribution in [0.2, 0.25) is 0 Å². The highest BCUT2D eigenvalue weighted by atomic mass is 32.2. The largest absolute Gasteiger partial charge is 0.369 e. The Morgan fingerprint density at radius 2 is 1.89 bits per heavy atom. The van der Waals surface area contributed by atoms with Crippen molar-refractivity contribution in [1.29, 1.82) is 0 Å². The normalized spacial score (nSPS) is 18.1. The van der Waals surface area contributed by atoms with Gasteiger partial charge in [-0.15, -0.1) is 0 Å². The smallest absolute Gasteiger partial charge is 0.267 e. The van der Waals surface area contributed by atoms with Crippen molar-refractivity contribution in [3.8, 4) is 0 Å². The summed E-state index contributed by atoms with van der Waals surface area (Å²) in [6.07, 6.45) is 9.64. The van der Waals surface area contributed by atoms with Crippen LogP contribution in [0.15, 0.2) is 58.4 Å². The highest BCUT2D eigenvalue weighted by molar-refractivity contribution is 8.26. The van der Waals surface area contributed by atoms with E-state index < -0.39 is 0 Å². The Hall–Kier alpha value is -2.97. The van der Waals surface area contributed by atoms with Crippen LogP contribution in [0.3, 0.4) is 0 Å². The minimum atomic E-state index is -0.205. The molecule has 180 valence electrons. The van der Waals surface area contributed by atoms with Gasteiger partial charge in [-0.05, 0) is 49.5 Å². The van der Waals surface area contributed by atoms with Crippen LogP contribution in [0.4, 0.5) is 5.82 Å². The molecule has 6 nitrogen and oxygen atoms in total. The second-order valence-electron chi connectivity index (χ2n) is 9.12. The maximum Gasteiger partial charge on any atom is 0.267 e. The van der Waals surface area contributed by atoms with Gasteiger partial charge in [-0.25, -0.2) is 4.98 Å². The van der Waals surface area contributed by atoms with E-state index in [1.165, 1.54) is 23.7 Å². The van der Waals surface area contributed by atoms with Gasteiger partial charge in [-0.3, -0.25) is 18.9 Å². The molecule has 2 aliphatic rings. The van der Waals surface area contributed by atoms with Crippen molar-refractivity contribution in [3.63, 3.8) is 0 Å².